The number of hydrogen-bond donors (Lipinski definition) is 2. The summed E-state index contributed by atoms with van der Waals surface area (Å²) >= 11 is 0. The summed E-state index contributed by atoms with van der Waals surface area (Å²) in [6.45, 7) is 3.55. The van der Waals surface area contributed by atoms with Gasteiger partial charge in [-0.25, -0.2) is 17.8 Å². The predicted molar refractivity (Wildman–Crippen MR) is 102 cm³/mol. The van der Waals surface area contributed by atoms with E-state index in [0.717, 1.165) is 5.56 Å². The van der Waals surface area contributed by atoms with Crippen LogP contribution < -0.4 is 10.6 Å². The van der Waals surface area contributed by atoms with Crippen LogP contribution in [0.15, 0.2) is 64.5 Å². The number of benzene rings is 2. The first kappa shape index (κ1) is 19.9. The molecule has 2 N–H and O–H groups in total. The van der Waals surface area contributed by atoms with E-state index in [1.54, 1.807) is 42.5 Å². The number of rotatable bonds is 8. The number of hydrogen-bond acceptors (Lipinski definition) is 3. The molecule has 0 saturated carbocycles. The van der Waals surface area contributed by atoms with Gasteiger partial charge in [0, 0.05) is 13.1 Å². The molecule has 0 aliphatic rings. The quantitative estimate of drug-likeness (QED) is 0.422. The minimum absolute atomic E-state index is 0.0708. The molecule has 2 aromatic carbocycles. The van der Waals surface area contributed by atoms with E-state index in [9.17, 15) is 12.8 Å². The van der Waals surface area contributed by atoms with Crippen LogP contribution in [0.1, 0.15) is 18.9 Å². The lowest BCUT2D eigenvalue weighted by atomic mass is 10.2. The van der Waals surface area contributed by atoms with Crippen molar-refractivity contribution in [1.29, 1.82) is 0 Å². The lowest BCUT2D eigenvalue weighted by molar-refractivity contribution is 0.592. The second kappa shape index (κ2) is 9.91. The fourth-order valence-electron chi connectivity index (χ4n) is 2.32. The van der Waals surface area contributed by atoms with E-state index in [1.165, 1.54) is 12.1 Å². The molecular weight excluding hydrogens is 353 g/mol. The number of nitrogens with one attached hydrogen (secondary N) is 2. The maximum Gasteiger partial charge on any atom is 0.191 e. The van der Waals surface area contributed by atoms with Crippen molar-refractivity contribution >= 4 is 15.8 Å². The molecule has 7 heteroatoms. The topological polar surface area (TPSA) is 70.6 Å². The van der Waals surface area contributed by atoms with Gasteiger partial charge in [-0.15, -0.1) is 0 Å². The van der Waals surface area contributed by atoms with Crippen LogP contribution in [0.5, 0.6) is 0 Å². The van der Waals surface area contributed by atoms with Crippen LogP contribution in [0.4, 0.5) is 4.39 Å². The smallest absolute Gasteiger partial charge is 0.191 e. The average Bonchev–Trinajstić information content (AvgIpc) is 2.65. The van der Waals surface area contributed by atoms with E-state index in [4.69, 9.17) is 0 Å². The fraction of sp³-hybridized carbons (Fsp3) is 0.316. The normalized spacial score (nSPS) is 12.0. The molecule has 5 nitrogen and oxygen atoms in total. The van der Waals surface area contributed by atoms with Crippen LogP contribution in [-0.2, 0) is 16.4 Å². The van der Waals surface area contributed by atoms with Gasteiger partial charge in [-0.05, 0) is 43.2 Å². The highest BCUT2D eigenvalue weighted by molar-refractivity contribution is 7.91. The Morgan fingerprint density at radius 3 is 2.38 bits per heavy atom. The van der Waals surface area contributed by atoms with Gasteiger partial charge in [0.25, 0.3) is 0 Å². The van der Waals surface area contributed by atoms with Crippen LogP contribution >= 0.6 is 0 Å². The van der Waals surface area contributed by atoms with Crippen LogP contribution in [0, 0.1) is 5.82 Å². The van der Waals surface area contributed by atoms with Gasteiger partial charge in [0.15, 0.2) is 15.8 Å². The van der Waals surface area contributed by atoms with Crippen LogP contribution in [0.2, 0.25) is 0 Å². The third kappa shape index (κ3) is 6.48. The zero-order valence-corrected chi connectivity index (χ0v) is 15.6. The maximum absolute atomic E-state index is 12.9. The molecule has 140 valence electrons. The van der Waals surface area contributed by atoms with Crippen LogP contribution in [0.25, 0.3) is 0 Å². The molecule has 0 amide bonds. The number of aliphatic imine (C=N–C) groups is 1. The summed E-state index contributed by atoms with van der Waals surface area (Å²) in [6.07, 6.45) is 0.470. The Kier molecular flexibility index (Phi) is 7.59. The van der Waals surface area contributed by atoms with Crippen molar-refractivity contribution in [3.63, 3.8) is 0 Å². The Labute approximate surface area is 154 Å². The Balaban J connectivity index is 1.84. The standard InChI is InChI=1S/C19H24FN3O2S/c1-2-21-19(23-15-16-9-11-17(20)12-10-16)22-13-6-14-26(24,25)18-7-4-3-5-8-18/h3-5,7-12H,2,6,13-15H2,1H3,(H2,21,22,23). The van der Waals surface area contributed by atoms with E-state index < -0.39 is 9.84 Å². The monoisotopic (exact) mass is 377 g/mol. The minimum atomic E-state index is -3.27. The summed E-state index contributed by atoms with van der Waals surface area (Å²) in [6, 6.07) is 14.6. The van der Waals surface area contributed by atoms with E-state index >= 15 is 0 Å². The van der Waals surface area contributed by atoms with Crippen LogP contribution in [0.3, 0.4) is 0 Å². The third-order valence-electron chi connectivity index (χ3n) is 3.66. The molecular formula is C19H24FN3O2S. The van der Waals surface area contributed by atoms with Crippen molar-refractivity contribution in [2.75, 3.05) is 18.8 Å². The molecule has 0 aromatic heterocycles. The zero-order valence-electron chi connectivity index (χ0n) is 14.8. The molecule has 0 radical (unpaired) electrons. The van der Waals surface area contributed by atoms with Crippen molar-refractivity contribution in [3.05, 3.63) is 66.0 Å². The van der Waals surface area contributed by atoms with Gasteiger partial charge in [-0.3, -0.25) is 0 Å². The molecule has 0 atom stereocenters. The van der Waals surface area contributed by atoms with Gasteiger partial charge in [0.1, 0.15) is 5.82 Å². The van der Waals surface area contributed by atoms with Gasteiger partial charge < -0.3 is 10.6 Å². The Morgan fingerprint density at radius 1 is 1.04 bits per heavy atom. The van der Waals surface area contributed by atoms with E-state index in [1.807, 2.05) is 6.92 Å². The van der Waals surface area contributed by atoms with E-state index in [2.05, 4.69) is 15.6 Å². The first-order valence-electron chi connectivity index (χ1n) is 8.55. The highest BCUT2D eigenvalue weighted by Gasteiger charge is 2.13. The SMILES string of the molecule is CCNC(=NCc1ccc(F)cc1)NCCCS(=O)(=O)c1ccccc1. The lowest BCUT2D eigenvalue weighted by Crippen LogP contribution is -2.38. The fourth-order valence-corrected chi connectivity index (χ4v) is 3.65. The van der Waals surface area contributed by atoms with Crippen LogP contribution in [-0.4, -0.2) is 33.2 Å². The second-order valence-electron chi connectivity index (χ2n) is 5.73. The summed E-state index contributed by atoms with van der Waals surface area (Å²) in [5.41, 5.74) is 0.898. The molecule has 0 saturated heterocycles. The molecule has 2 rings (SSSR count). The summed E-state index contributed by atoms with van der Waals surface area (Å²) in [5.74, 6) is 0.401. The second-order valence-corrected chi connectivity index (χ2v) is 7.84. The molecule has 0 fully saturated rings. The molecule has 0 aliphatic carbocycles. The van der Waals surface area contributed by atoms with Gasteiger partial charge in [-0.1, -0.05) is 30.3 Å². The first-order chi connectivity index (χ1) is 12.5. The van der Waals surface area contributed by atoms with Gasteiger partial charge in [-0.2, -0.15) is 0 Å². The summed E-state index contributed by atoms with van der Waals surface area (Å²) in [4.78, 5) is 4.77. The largest absolute Gasteiger partial charge is 0.357 e. The molecule has 0 aliphatic heterocycles. The van der Waals surface area contributed by atoms with Crippen molar-refractivity contribution in [3.8, 4) is 0 Å². The predicted octanol–water partition coefficient (Wildman–Crippen LogP) is 2.74. The highest BCUT2D eigenvalue weighted by Crippen LogP contribution is 2.10. The maximum atomic E-state index is 12.9. The third-order valence-corrected chi connectivity index (χ3v) is 5.48. The molecule has 0 spiro atoms. The Hall–Kier alpha value is -2.41. The van der Waals surface area contributed by atoms with Crippen molar-refractivity contribution in [2.24, 2.45) is 4.99 Å². The molecule has 0 heterocycles. The molecule has 2 aromatic rings. The highest BCUT2D eigenvalue weighted by atomic mass is 32.2. The van der Waals surface area contributed by atoms with E-state index in [0.29, 0.717) is 36.9 Å². The Bertz CT molecular complexity index is 806. The van der Waals surface area contributed by atoms with Gasteiger partial charge >= 0.3 is 0 Å². The first-order valence-corrected chi connectivity index (χ1v) is 10.2. The molecule has 0 unspecified atom stereocenters. The van der Waals surface area contributed by atoms with Gasteiger partial charge in [0.2, 0.25) is 0 Å². The van der Waals surface area contributed by atoms with E-state index in [-0.39, 0.29) is 11.6 Å². The number of sulfone groups is 1. The van der Waals surface area contributed by atoms with Crippen molar-refractivity contribution < 1.29 is 12.8 Å². The minimum Gasteiger partial charge on any atom is -0.357 e. The Morgan fingerprint density at radius 2 is 1.73 bits per heavy atom. The molecule has 26 heavy (non-hydrogen) atoms. The number of guanidine groups is 1. The zero-order chi connectivity index (χ0) is 18.8. The average molecular weight is 377 g/mol. The summed E-state index contributed by atoms with van der Waals surface area (Å²) in [7, 11) is -3.27. The molecule has 0 bridgehead atoms. The van der Waals surface area contributed by atoms with Gasteiger partial charge in [0.05, 0.1) is 17.2 Å². The summed E-state index contributed by atoms with van der Waals surface area (Å²) < 4.78 is 37.4. The van der Waals surface area contributed by atoms with Crippen molar-refractivity contribution in [2.45, 2.75) is 24.8 Å². The van der Waals surface area contributed by atoms with Crippen molar-refractivity contribution in [1.82, 2.24) is 10.6 Å². The summed E-state index contributed by atoms with van der Waals surface area (Å²) in [5, 5.41) is 6.24. The number of halogens is 1. The lowest BCUT2D eigenvalue weighted by Gasteiger charge is -2.11. The number of nitrogens with zero attached hydrogens (tertiary/aromatic N) is 1.